The monoisotopic (exact) mass is 254 g/mol. The molecule has 0 atom stereocenters. The minimum absolute atomic E-state index is 0.240. The molecule has 0 saturated heterocycles. The minimum atomic E-state index is -0.240. The quantitative estimate of drug-likeness (QED) is 0.765. The van der Waals surface area contributed by atoms with E-state index in [1.165, 1.54) is 12.1 Å². The van der Waals surface area contributed by atoms with Gasteiger partial charge in [-0.05, 0) is 28.1 Å². The summed E-state index contributed by atoms with van der Waals surface area (Å²) in [5.41, 5.74) is 1.70. The van der Waals surface area contributed by atoms with Gasteiger partial charge in [0.25, 0.3) is 0 Å². The standard InChI is InChI=1S/C10H8BrFN2/c1-14-6-13-10(11)9(14)7-3-2-4-8(12)5-7/h2-6H,1H3. The minimum Gasteiger partial charge on any atom is -0.333 e. The van der Waals surface area contributed by atoms with Crippen LogP contribution in [-0.4, -0.2) is 9.55 Å². The fourth-order valence-electron chi connectivity index (χ4n) is 1.36. The molecule has 1 heterocycles. The van der Waals surface area contributed by atoms with Crippen LogP contribution in [0, 0.1) is 5.82 Å². The van der Waals surface area contributed by atoms with E-state index in [1.54, 1.807) is 12.4 Å². The van der Waals surface area contributed by atoms with Gasteiger partial charge in [0.2, 0.25) is 0 Å². The summed E-state index contributed by atoms with van der Waals surface area (Å²) in [4.78, 5) is 4.08. The van der Waals surface area contributed by atoms with Crippen LogP contribution in [0.1, 0.15) is 0 Å². The van der Waals surface area contributed by atoms with Crippen molar-refractivity contribution in [1.82, 2.24) is 9.55 Å². The highest BCUT2D eigenvalue weighted by molar-refractivity contribution is 9.10. The Morgan fingerprint density at radius 1 is 1.43 bits per heavy atom. The molecule has 0 unspecified atom stereocenters. The number of hydrogen-bond donors (Lipinski definition) is 0. The fraction of sp³-hybridized carbons (Fsp3) is 0.100. The Bertz CT molecular complexity index is 445. The Kier molecular flexibility index (Phi) is 2.37. The average Bonchev–Trinajstić information content (AvgIpc) is 2.46. The second-order valence-corrected chi connectivity index (χ2v) is 3.76. The smallest absolute Gasteiger partial charge is 0.132 e. The van der Waals surface area contributed by atoms with Crippen LogP contribution in [0.4, 0.5) is 4.39 Å². The van der Waals surface area contributed by atoms with E-state index in [2.05, 4.69) is 20.9 Å². The highest BCUT2D eigenvalue weighted by Crippen LogP contribution is 2.26. The molecule has 0 saturated carbocycles. The van der Waals surface area contributed by atoms with Gasteiger partial charge in [0.05, 0.1) is 12.0 Å². The molecule has 0 amide bonds. The molecule has 0 radical (unpaired) electrons. The first-order valence-corrected chi connectivity index (χ1v) is 4.90. The van der Waals surface area contributed by atoms with Crippen molar-refractivity contribution in [3.63, 3.8) is 0 Å². The third kappa shape index (κ3) is 1.57. The van der Waals surface area contributed by atoms with E-state index in [9.17, 15) is 4.39 Å². The number of hydrogen-bond acceptors (Lipinski definition) is 1. The lowest BCUT2D eigenvalue weighted by Crippen LogP contribution is -1.90. The van der Waals surface area contributed by atoms with Crippen LogP contribution in [0.15, 0.2) is 35.2 Å². The number of imidazole rings is 1. The molecule has 14 heavy (non-hydrogen) atoms. The van der Waals surface area contributed by atoms with Crippen molar-refractivity contribution in [2.45, 2.75) is 0 Å². The van der Waals surface area contributed by atoms with Crippen molar-refractivity contribution in [2.75, 3.05) is 0 Å². The van der Waals surface area contributed by atoms with Crippen molar-refractivity contribution in [2.24, 2.45) is 7.05 Å². The van der Waals surface area contributed by atoms with Gasteiger partial charge in [0, 0.05) is 12.6 Å². The van der Waals surface area contributed by atoms with E-state index in [4.69, 9.17) is 0 Å². The van der Waals surface area contributed by atoms with Crippen molar-refractivity contribution >= 4 is 15.9 Å². The van der Waals surface area contributed by atoms with Crippen LogP contribution in [0.5, 0.6) is 0 Å². The number of aromatic nitrogens is 2. The molecule has 0 aliphatic rings. The number of aryl methyl sites for hydroxylation is 1. The molecule has 0 N–H and O–H groups in total. The van der Waals surface area contributed by atoms with Crippen molar-refractivity contribution in [1.29, 1.82) is 0 Å². The second kappa shape index (κ2) is 3.53. The average molecular weight is 255 g/mol. The molecule has 2 nitrogen and oxygen atoms in total. The summed E-state index contributed by atoms with van der Waals surface area (Å²) >= 11 is 3.32. The van der Waals surface area contributed by atoms with Gasteiger partial charge in [0.1, 0.15) is 10.4 Å². The highest BCUT2D eigenvalue weighted by Gasteiger charge is 2.08. The maximum atomic E-state index is 13.0. The first-order chi connectivity index (χ1) is 6.68. The van der Waals surface area contributed by atoms with Gasteiger partial charge in [0.15, 0.2) is 0 Å². The molecule has 0 spiro atoms. The normalized spacial score (nSPS) is 10.5. The zero-order valence-corrected chi connectivity index (χ0v) is 9.12. The lowest BCUT2D eigenvalue weighted by atomic mass is 10.1. The van der Waals surface area contributed by atoms with Crippen LogP contribution < -0.4 is 0 Å². The largest absolute Gasteiger partial charge is 0.333 e. The van der Waals surface area contributed by atoms with Crippen LogP contribution in [0.2, 0.25) is 0 Å². The van der Waals surface area contributed by atoms with Gasteiger partial charge >= 0.3 is 0 Å². The summed E-state index contributed by atoms with van der Waals surface area (Å²) in [5.74, 6) is -0.240. The predicted octanol–water partition coefficient (Wildman–Crippen LogP) is 2.99. The van der Waals surface area contributed by atoms with Crippen molar-refractivity contribution in [3.8, 4) is 11.3 Å². The molecule has 0 bridgehead atoms. The van der Waals surface area contributed by atoms with Crippen molar-refractivity contribution < 1.29 is 4.39 Å². The lowest BCUT2D eigenvalue weighted by Gasteiger charge is -2.02. The molecule has 4 heteroatoms. The van der Waals surface area contributed by atoms with E-state index in [0.29, 0.717) is 0 Å². The first-order valence-electron chi connectivity index (χ1n) is 4.11. The summed E-state index contributed by atoms with van der Waals surface area (Å²) < 4.78 is 15.6. The molecule has 2 aromatic rings. The van der Waals surface area contributed by atoms with Gasteiger partial charge in [-0.2, -0.15) is 0 Å². The first kappa shape index (κ1) is 9.40. The zero-order valence-electron chi connectivity index (χ0n) is 7.54. The topological polar surface area (TPSA) is 17.8 Å². The molecule has 1 aromatic carbocycles. The Labute approximate surface area is 89.5 Å². The van der Waals surface area contributed by atoms with E-state index < -0.39 is 0 Å². The van der Waals surface area contributed by atoms with Crippen LogP contribution in [0.3, 0.4) is 0 Å². The Hall–Kier alpha value is -1.16. The van der Waals surface area contributed by atoms with Gasteiger partial charge in [-0.25, -0.2) is 9.37 Å². The van der Waals surface area contributed by atoms with Crippen LogP contribution >= 0.6 is 15.9 Å². The number of nitrogens with zero attached hydrogens (tertiary/aromatic N) is 2. The summed E-state index contributed by atoms with van der Waals surface area (Å²) in [5, 5.41) is 0. The molecular formula is C10H8BrFN2. The molecule has 0 aliphatic heterocycles. The third-order valence-electron chi connectivity index (χ3n) is 1.99. The molecule has 0 fully saturated rings. The van der Waals surface area contributed by atoms with E-state index in [-0.39, 0.29) is 5.82 Å². The summed E-state index contributed by atoms with van der Waals surface area (Å²) in [6.07, 6.45) is 1.68. The maximum absolute atomic E-state index is 13.0. The van der Waals surface area contributed by atoms with Gasteiger partial charge in [-0.3, -0.25) is 0 Å². The third-order valence-corrected chi connectivity index (χ3v) is 2.57. The van der Waals surface area contributed by atoms with Gasteiger partial charge < -0.3 is 4.57 Å². The molecule has 1 aromatic heterocycles. The molecule has 72 valence electrons. The van der Waals surface area contributed by atoms with E-state index in [1.807, 2.05) is 17.7 Å². The second-order valence-electron chi connectivity index (χ2n) is 3.01. The van der Waals surface area contributed by atoms with Gasteiger partial charge in [-0.15, -0.1) is 0 Å². The zero-order chi connectivity index (χ0) is 10.1. The molecule has 0 aliphatic carbocycles. The van der Waals surface area contributed by atoms with Crippen molar-refractivity contribution in [3.05, 3.63) is 41.0 Å². The summed E-state index contributed by atoms with van der Waals surface area (Å²) in [6.45, 7) is 0. The van der Waals surface area contributed by atoms with Gasteiger partial charge in [-0.1, -0.05) is 12.1 Å². The molecular weight excluding hydrogens is 247 g/mol. The number of halogens is 2. The predicted molar refractivity (Wildman–Crippen MR) is 56.3 cm³/mol. The maximum Gasteiger partial charge on any atom is 0.132 e. The van der Waals surface area contributed by atoms with Crippen LogP contribution in [-0.2, 0) is 7.05 Å². The summed E-state index contributed by atoms with van der Waals surface area (Å²) in [7, 11) is 1.87. The van der Waals surface area contributed by atoms with E-state index in [0.717, 1.165) is 15.9 Å². The fourth-order valence-corrected chi connectivity index (χ4v) is 1.96. The Balaban J connectivity index is 2.59. The number of rotatable bonds is 1. The summed E-state index contributed by atoms with van der Waals surface area (Å²) in [6, 6.07) is 6.45. The molecule has 2 rings (SSSR count). The van der Waals surface area contributed by atoms with E-state index >= 15 is 0 Å². The Morgan fingerprint density at radius 2 is 2.21 bits per heavy atom. The number of benzene rings is 1. The SMILES string of the molecule is Cn1cnc(Br)c1-c1cccc(F)c1. The lowest BCUT2D eigenvalue weighted by molar-refractivity contribution is 0.628. The Morgan fingerprint density at radius 3 is 2.79 bits per heavy atom. The van der Waals surface area contributed by atoms with Crippen LogP contribution in [0.25, 0.3) is 11.3 Å². The highest BCUT2D eigenvalue weighted by atomic mass is 79.9.